The highest BCUT2D eigenvalue weighted by atomic mass is 16.5. The van der Waals surface area contributed by atoms with Crippen LogP contribution in [0.5, 0.6) is 5.75 Å². The minimum atomic E-state index is 0.653. The molecule has 0 N–H and O–H groups in total. The van der Waals surface area contributed by atoms with Crippen LogP contribution in [0.3, 0.4) is 0 Å². The van der Waals surface area contributed by atoms with Crippen LogP contribution in [0, 0.1) is 0 Å². The number of aromatic nitrogens is 3. The highest BCUT2D eigenvalue weighted by Crippen LogP contribution is 2.29. The van der Waals surface area contributed by atoms with Crippen LogP contribution in [0.4, 0.5) is 0 Å². The van der Waals surface area contributed by atoms with Crippen molar-refractivity contribution in [2.75, 3.05) is 20.3 Å². The van der Waals surface area contributed by atoms with Crippen molar-refractivity contribution in [3.05, 3.63) is 60.9 Å². The average Bonchev–Trinajstić information content (AvgIpc) is 3.12. The largest absolute Gasteiger partial charge is 0.493 e. The first kappa shape index (κ1) is 16.2. The van der Waals surface area contributed by atoms with Crippen molar-refractivity contribution in [3.63, 3.8) is 0 Å². The van der Waals surface area contributed by atoms with E-state index >= 15 is 0 Å². The first-order valence-electron chi connectivity index (χ1n) is 8.06. The summed E-state index contributed by atoms with van der Waals surface area (Å²) in [5.74, 6) is 1.59. The zero-order valence-electron chi connectivity index (χ0n) is 13.8. The maximum atomic E-state index is 5.96. The van der Waals surface area contributed by atoms with Crippen LogP contribution >= 0.6 is 0 Å². The van der Waals surface area contributed by atoms with Crippen molar-refractivity contribution in [2.24, 2.45) is 0 Å². The molecule has 0 fully saturated rings. The molecule has 0 radical (unpaired) electrons. The van der Waals surface area contributed by atoms with Crippen LogP contribution < -0.4 is 4.74 Å². The number of hydrogen-bond acceptors (Lipinski definition) is 4. The molecule has 0 atom stereocenters. The van der Waals surface area contributed by atoms with Crippen molar-refractivity contribution in [3.8, 4) is 22.8 Å². The minimum Gasteiger partial charge on any atom is -0.493 e. The minimum absolute atomic E-state index is 0.653. The maximum absolute atomic E-state index is 5.96. The molecule has 0 saturated heterocycles. The topological polar surface area (TPSA) is 49.2 Å². The van der Waals surface area contributed by atoms with Gasteiger partial charge in [-0.2, -0.15) is 0 Å². The van der Waals surface area contributed by atoms with Gasteiger partial charge < -0.3 is 9.47 Å². The van der Waals surface area contributed by atoms with E-state index in [1.165, 1.54) is 0 Å². The van der Waals surface area contributed by atoms with Crippen molar-refractivity contribution < 1.29 is 9.47 Å². The van der Waals surface area contributed by atoms with Gasteiger partial charge in [-0.15, -0.1) is 10.2 Å². The molecule has 0 spiro atoms. The van der Waals surface area contributed by atoms with Crippen LogP contribution in [-0.4, -0.2) is 35.1 Å². The molecule has 0 amide bonds. The quantitative estimate of drug-likeness (QED) is 0.593. The summed E-state index contributed by atoms with van der Waals surface area (Å²) in [6.45, 7) is 1.41. The summed E-state index contributed by atoms with van der Waals surface area (Å²) in [6.07, 6.45) is 3.66. The lowest BCUT2D eigenvalue weighted by molar-refractivity contribution is 0.184. The highest BCUT2D eigenvalue weighted by molar-refractivity contribution is 5.65. The van der Waals surface area contributed by atoms with E-state index in [1.807, 2.05) is 59.2 Å². The van der Waals surface area contributed by atoms with E-state index in [2.05, 4.69) is 10.2 Å². The third-order valence-corrected chi connectivity index (χ3v) is 3.71. The average molecular weight is 323 g/mol. The predicted molar refractivity (Wildman–Crippen MR) is 93.4 cm³/mol. The van der Waals surface area contributed by atoms with E-state index < -0.39 is 0 Å². The third-order valence-electron chi connectivity index (χ3n) is 3.71. The van der Waals surface area contributed by atoms with Crippen molar-refractivity contribution >= 4 is 0 Å². The molecule has 3 rings (SSSR count). The molecule has 1 aromatic heterocycles. The fourth-order valence-corrected chi connectivity index (χ4v) is 2.50. The summed E-state index contributed by atoms with van der Waals surface area (Å²) in [7, 11) is 1.71. The van der Waals surface area contributed by atoms with Crippen molar-refractivity contribution in [2.45, 2.75) is 12.8 Å². The summed E-state index contributed by atoms with van der Waals surface area (Å²) < 4.78 is 13.0. The van der Waals surface area contributed by atoms with Gasteiger partial charge in [-0.05, 0) is 37.1 Å². The maximum Gasteiger partial charge on any atom is 0.172 e. The second kappa shape index (κ2) is 8.26. The molecule has 0 aliphatic rings. The Morgan fingerprint density at radius 2 is 1.67 bits per heavy atom. The van der Waals surface area contributed by atoms with Gasteiger partial charge >= 0.3 is 0 Å². The van der Waals surface area contributed by atoms with Crippen LogP contribution in [-0.2, 0) is 4.74 Å². The van der Waals surface area contributed by atoms with Crippen LogP contribution in [0.1, 0.15) is 12.8 Å². The number of ether oxygens (including phenoxy) is 2. The molecule has 124 valence electrons. The summed E-state index contributed by atoms with van der Waals surface area (Å²) in [4.78, 5) is 0. The fraction of sp³-hybridized carbons (Fsp3) is 0.263. The number of unbranched alkanes of at least 4 members (excludes halogenated alkanes) is 1. The van der Waals surface area contributed by atoms with E-state index in [0.717, 1.165) is 42.3 Å². The second-order valence-electron chi connectivity index (χ2n) is 5.40. The molecule has 0 unspecified atom stereocenters. The second-order valence-corrected chi connectivity index (χ2v) is 5.40. The molecule has 0 bridgehead atoms. The molecular weight excluding hydrogens is 302 g/mol. The van der Waals surface area contributed by atoms with E-state index in [9.17, 15) is 0 Å². The lowest BCUT2D eigenvalue weighted by atomic mass is 10.2. The zero-order valence-corrected chi connectivity index (χ0v) is 13.8. The Morgan fingerprint density at radius 3 is 2.50 bits per heavy atom. The number of para-hydroxylation sites is 2. The summed E-state index contributed by atoms with van der Waals surface area (Å²) in [5.41, 5.74) is 1.96. The third kappa shape index (κ3) is 3.81. The SMILES string of the molecule is COCCCCOc1ccccc1-c1nncn1-c1ccccc1. The summed E-state index contributed by atoms with van der Waals surface area (Å²) >= 11 is 0. The molecule has 2 aromatic carbocycles. The van der Waals surface area contributed by atoms with Crippen LogP contribution in [0.2, 0.25) is 0 Å². The van der Waals surface area contributed by atoms with Crippen LogP contribution in [0.15, 0.2) is 60.9 Å². The van der Waals surface area contributed by atoms with Crippen LogP contribution in [0.25, 0.3) is 17.1 Å². The fourth-order valence-electron chi connectivity index (χ4n) is 2.50. The molecule has 5 heteroatoms. The van der Waals surface area contributed by atoms with Crippen molar-refractivity contribution in [1.82, 2.24) is 14.8 Å². The number of benzene rings is 2. The van der Waals surface area contributed by atoms with Gasteiger partial charge in [0, 0.05) is 19.4 Å². The first-order valence-corrected chi connectivity index (χ1v) is 8.06. The normalized spacial score (nSPS) is 10.7. The molecule has 0 saturated carbocycles. The Morgan fingerprint density at radius 1 is 0.917 bits per heavy atom. The smallest absolute Gasteiger partial charge is 0.172 e. The molecular formula is C19H21N3O2. The predicted octanol–water partition coefficient (Wildman–Crippen LogP) is 3.74. The Bertz CT molecular complexity index is 756. The lowest BCUT2D eigenvalue weighted by Gasteiger charge is -2.12. The molecule has 0 aliphatic carbocycles. The summed E-state index contributed by atoms with van der Waals surface area (Å²) in [6, 6.07) is 18.0. The Kier molecular flexibility index (Phi) is 5.58. The van der Waals surface area contributed by atoms with Gasteiger partial charge in [0.05, 0.1) is 12.2 Å². The van der Waals surface area contributed by atoms with Gasteiger partial charge in [-0.3, -0.25) is 4.57 Å². The Hall–Kier alpha value is -2.66. The molecule has 5 nitrogen and oxygen atoms in total. The first-order chi connectivity index (χ1) is 11.9. The molecule has 1 heterocycles. The standard InChI is InChI=1S/C19H21N3O2/c1-23-13-7-8-14-24-18-12-6-5-11-17(18)19-21-20-15-22(19)16-9-3-2-4-10-16/h2-6,9-12,15H,7-8,13-14H2,1H3. The number of nitrogens with zero attached hydrogens (tertiary/aromatic N) is 3. The van der Waals surface area contributed by atoms with Gasteiger partial charge in [0.15, 0.2) is 5.82 Å². The number of rotatable bonds is 8. The Labute approximate surface area is 141 Å². The van der Waals surface area contributed by atoms with E-state index in [4.69, 9.17) is 9.47 Å². The van der Waals surface area contributed by atoms with E-state index in [-0.39, 0.29) is 0 Å². The van der Waals surface area contributed by atoms with Gasteiger partial charge in [-0.25, -0.2) is 0 Å². The zero-order chi connectivity index (χ0) is 16.6. The Balaban J connectivity index is 1.82. The van der Waals surface area contributed by atoms with Crippen molar-refractivity contribution in [1.29, 1.82) is 0 Å². The van der Waals surface area contributed by atoms with Gasteiger partial charge in [0.1, 0.15) is 12.1 Å². The highest BCUT2D eigenvalue weighted by Gasteiger charge is 2.13. The molecule has 0 aliphatic heterocycles. The van der Waals surface area contributed by atoms with E-state index in [1.54, 1.807) is 13.4 Å². The molecule has 3 aromatic rings. The number of hydrogen-bond donors (Lipinski definition) is 0. The molecule has 24 heavy (non-hydrogen) atoms. The monoisotopic (exact) mass is 323 g/mol. The number of methoxy groups -OCH3 is 1. The summed E-state index contributed by atoms with van der Waals surface area (Å²) in [5, 5.41) is 8.37. The van der Waals surface area contributed by atoms with Gasteiger partial charge in [0.2, 0.25) is 0 Å². The lowest BCUT2D eigenvalue weighted by Crippen LogP contribution is -2.02. The van der Waals surface area contributed by atoms with E-state index in [0.29, 0.717) is 6.61 Å². The van der Waals surface area contributed by atoms with Gasteiger partial charge in [-0.1, -0.05) is 30.3 Å². The van der Waals surface area contributed by atoms with Gasteiger partial charge in [0.25, 0.3) is 0 Å².